The lowest BCUT2D eigenvalue weighted by atomic mass is 9.98. The third-order valence-corrected chi connectivity index (χ3v) is 5.56. The molecule has 0 bridgehead atoms. The molecule has 1 aliphatic rings. The molecule has 31 heavy (non-hydrogen) atoms. The Kier molecular flexibility index (Phi) is 7.39. The maximum atomic E-state index is 13.0. The zero-order chi connectivity index (χ0) is 22.4. The SMILES string of the molecule is CCCN(CC(=O)N1CCc2cc(OC)c(OC)cc2C1)C(=O)Nc1ccccc1C. The number of hydrogen-bond acceptors (Lipinski definition) is 4. The first-order chi connectivity index (χ1) is 15.0. The van der Waals surface area contributed by atoms with E-state index in [9.17, 15) is 9.59 Å². The van der Waals surface area contributed by atoms with Crippen molar-refractivity contribution in [1.82, 2.24) is 9.80 Å². The minimum atomic E-state index is -0.256. The van der Waals surface area contributed by atoms with Crippen LogP contribution in [-0.2, 0) is 17.8 Å². The van der Waals surface area contributed by atoms with Crippen LogP contribution in [-0.4, -0.2) is 55.6 Å². The van der Waals surface area contributed by atoms with E-state index < -0.39 is 0 Å². The van der Waals surface area contributed by atoms with Gasteiger partial charge in [-0.1, -0.05) is 25.1 Å². The second-order valence-electron chi connectivity index (χ2n) is 7.71. The second-order valence-corrected chi connectivity index (χ2v) is 7.71. The molecule has 1 N–H and O–H groups in total. The molecule has 0 fully saturated rings. The van der Waals surface area contributed by atoms with Gasteiger partial charge in [0.1, 0.15) is 6.54 Å². The first-order valence-electron chi connectivity index (χ1n) is 10.6. The molecule has 0 spiro atoms. The van der Waals surface area contributed by atoms with Gasteiger partial charge < -0.3 is 24.6 Å². The minimum absolute atomic E-state index is 0.0498. The Hall–Kier alpha value is -3.22. The van der Waals surface area contributed by atoms with Crippen LogP contribution in [0.5, 0.6) is 11.5 Å². The highest BCUT2D eigenvalue weighted by molar-refractivity contribution is 5.93. The van der Waals surface area contributed by atoms with E-state index in [-0.39, 0.29) is 18.5 Å². The molecule has 2 aromatic rings. The average Bonchev–Trinajstić information content (AvgIpc) is 2.78. The number of nitrogens with one attached hydrogen (secondary N) is 1. The topological polar surface area (TPSA) is 71.1 Å². The van der Waals surface area contributed by atoms with Crippen LogP contribution in [0.4, 0.5) is 10.5 Å². The van der Waals surface area contributed by atoms with Crippen molar-refractivity contribution in [2.45, 2.75) is 33.2 Å². The monoisotopic (exact) mass is 425 g/mol. The number of nitrogens with zero attached hydrogens (tertiary/aromatic N) is 2. The van der Waals surface area contributed by atoms with Gasteiger partial charge in [-0.15, -0.1) is 0 Å². The predicted molar refractivity (Wildman–Crippen MR) is 121 cm³/mol. The number of amides is 3. The molecule has 1 heterocycles. The van der Waals surface area contributed by atoms with Crippen LogP contribution in [0.3, 0.4) is 0 Å². The molecule has 0 unspecified atom stereocenters. The van der Waals surface area contributed by atoms with Crippen molar-refractivity contribution in [3.05, 3.63) is 53.1 Å². The van der Waals surface area contributed by atoms with Crippen molar-refractivity contribution in [2.24, 2.45) is 0 Å². The Balaban J connectivity index is 1.68. The van der Waals surface area contributed by atoms with E-state index >= 15 is 0 Å². The maximum absolute atomic E-state index is 13.0. The van der Waals surface area contributed by atoms with Crippen molar-refractivity contribution >= 4 is 17.6 Å². The highest BCUT2D eigenvalue weighted by Gasteiger charge is 2.25. The summed E-state index contributed by atoms with van der Waals surface area (Å²) in [5.74, 6) is 1.29. The van der Waals surface area contributed by atoms with Gasteiger partial charge in [-0.3, -0.25) is 4.79 Å². The number of para-hydroxylation sites is 1. The van der Waals surface area contributed by atoms with E-state index in [1.165, 1.54) is 0 Å². The fraction of sp³-hybridized carbons (Fsp3) is 0.417. The first-order valence-corrected chi connectivity index (χ1v) is 10.6. The van der Waals surface area contributed by atoms with Crippen LogP contribution in [0.25, 0.3) is 0 Å². The van der Waals surface area contributed by atoms with Gasteiger partial charge in [0.2, 0.25) is 5.91 Å². The summed E-state index contributed by atoms with van der Waals surface area (Å²) in [5, 5.41) is 2.93. The van der Waals surface area contributed by atoms with Crippen molar-refractivity contribution in [3.63, 3.8) is 0 Å². The highest BCUT2D eigenvalue weighted by atomic mass is 16.5. The lowest BCUT2D eigenvalue weighted by molar-refractivity contribution is -0.132. The summed E-state index contributed by atoms with van der Waals surface area (Å²) in [5.41, 5.74) is 3.94. The number of carbonyl (C=O) groups is 2. The summed E-state index contributed by atoms with van der Waals surface area (Å²) in [6.45, 7) is 5.61. The molecule has 0 saturated carbocycles. The molecule has 7 nitrogen and oxygen atoms in total. The first kappa shape index (κ1) is 22.5. The van der Waals surface area contributed by atoms with Crippen LogP contribution in [0.2, 0.25) is 0 Å². The van der Waals surface area contributed by atoms with Crippen LogP contribution >= 0.6 is 0 Å². The van der Waals surface area contributed by atoms with E-state index in [4.69, 9.17) is 9.47 Å². The number of carbonyl (C=O) groups excluding carboxylic acids is 2. The Labute approximate surface area is 183 Å². The molecule has 0 aromatic heterocycles. The van der Waals surface area contributed by atoms with Gasteiger partial charge in [0.05, 0.1) is 14.2 Å². The fourth-order valence-electron chi connectivity index (χ4n) is 3.79. The normalized spacial score (nSPS) is 12.7. The minimum Gasteiger partial charge on any atom is -0.493 e. The predicted octanol–water partition coefficient (Wildman–Crippen LogP) is 3.84. The molecule has 3 rings (SSSR count). The quantitative estimate of drug-likeness (QED) is 0.732. The Morgan fingerprint density at radius 2 is 1.77 bits per heavy atom. The number of fused-ring (bicyclic) bond motifs is 1. The average molecular weight is 426 g/mol. The number of ether oxygens (including phenoxy) is 2. The van der Waals surface area contributed by atoms with Crippen LogP contribution < -0.4 is 14.8 Å². The van der Waals surface area contributed by atoms with E-state index in [0.29, 0.717) is 31.1 Å². The number of methoxy groups -OCH3 is 2. The summed E-state index contributed by atoms with van der Waals surface area (Å²) in [4.78, 5) is 29.3. The molecular formula is C24H31N3O4. The van der Waals surface area contributed by atoms with E-state index in [0.717, 1.165) is 35.2 Å². The summed E-state index contributed by atoms with van der Waals surface area (Å²) in [7, 11) is 3.22. The lowest BCUT2D eigenvalue weighted by Crippen LogP contribution is -2.46. The molecule has 0 saturated heterocycles. The largest absolute Gasteiger partial charge is 0.493 e. The van der Waals surface area contributed by atoms with E-state index in [1.54, 1.807) is 24.0 Å². The van der Waals surface area contributed by atoms with Gasteiger partial charge >= 0.3 is 6.03 Å². The number of aryl methyl sites for hydroxylation is 1. The number of rotatable bonds is 7. The third-order valence-electron chi connectivity index (χ3n) is 5.56. The Bertz CT molecular complexity index is 944. The highest BCUT2D eigenvalue weighted by Crippen LogP contribution is 2.33. The summed E-state index contributed by atoms with van der Waals surface area (Å²) in [6.07, 6.45) is 1.51. The standard InChI is InChI=1S/C24H31N3O4/c1-5-11-27(24(29)25-20-9-7-6-8-17(20)2)16-23(28)26-12-10-18-13-21(30-3)22(31-4)14-19(18)15-26/h6-9,13-14H,5,10-12,15-16H2,1-4H3,(H,25,29). The van der Waals surface area contributed by atoms with E-state index in [1.807, 2.05) is 50.2 Å². The Morgan fingerprint density at radius 3 is 2.42 bits per heavy atom. The lowest BCUT2D eigenvalue weighted by Gasteiger charge is -2.32. The fourth-order valence-corrected chi connectivity index (χ4v) is 3.79. The summed E-state index contributed by atoms with van der Waals surface area (Å²) >= 11 is 0. The van der Waals surface area contributed by atoms with Crippen LogP contribution in [0.1, 0.15) is 30.0 Å². The number of hydrogen-bond donors (Lipinski definition) is 1. The van der Waals surface area contributed by atoms with Gasteiger partial charge in [0, 0.05) is 25.3 Å². The zero-order valence-electron chi connectivity index (χ0n) is 18.7. The maximum Gasteiger partial charge on any atom is 0.322 e. The van der Waals surface area contributed by atoms with Crippen LogP contribution in [0, 0.1) is 6.92 Å². The molecular weight excluding hydrogens is 394 g/mol. The van der Waals surface area contributed by atoms with Gasteiger partial charge in [0.15, 0.2) is 11.5 Å². The van der Waals surface area contributed by atoms with Crippen LogP contribution in [0.15, 0.2) is 36.4 Å². The molecule has 2 aromatic carbocycles. The van der Waals surface area contributed by atoms with Gasteiger partial charge in [-0.2, -0.15) is 0 Å². The Morgan fingerprint density at radius 1 is 1.10 bits per heavy atom. The van der Waals surface area contributed by atoms with Gasteiger partial charge in [0.25, 0.3) is 0 Å². The number of benzene rings is 2. The molecule has 0 radical (unpaired) electrons. The van der Waals surface area contributed by atoms with Gasteiger partial charge in [-0.05, 0) is 54.7 Å². The summed E-state index contributed by atoms with van der Waals surface area (Å²) in [6, 6.07) is 11.3. The van der Waals surface area contributed by atoms with Crippen molar-refractivity contribution in [3.8, 4) is 11.5 Å². The van der Waals surface area contributed by atoms with Gasteiger partial charge in [-0.25, -0.2) is 4.79 Å². The number of urea groups is 1. The second kappa shape index (κ2) is 10.2. The van der Waals surface area contributed by atoms with Crippen molar-refractivity contribution < 1.29 is 19.1 Å². The molecule has 0 atom stereocenters. The smallest absolute Gasteiger partial charge is 0.322 e. The van der Waals surface area contributed by atoms with Crippen molar-refractivity contribution in [1.29, 1.82) is 0 Å². The molecule has 3 amide bonds. The zero-order valence-corrected chi connectivity index (χ0v) is 18.7. The molecule has 166 valence electrons. The van der Waals surface area contributed by atoms with Crippen molar-refractivity contribution in [2.75, 3.05) is 39.2 Å². The number of anilines is 1. The van der Waals surface area contributed by atoms with E-state index in [2.05, 4.69) is 5.32 Å². The molecule has 7 heteroatoms. The molecule has 1 aliphatic heterocycles. The third kappa shape index (κ3) is 5.29. The molecule has 0 aliphatic carbocycles. The summed E-state index contributed by atoms with van der Waals surface area (Å²) < 4.78 is 10.8.